The Labute approximate surface area is 314 Å². The maximum Gasteiger partial charge on any atom is 0.0702 e. The lowest BCUT2D eigenvalue weighted by atomic mass is 9.92. The van der Waals surface area contributed by atoms with Crippen LogP contribution in [0.4, 0.5) is 0 Å². The Hall–Kier alpha value is -7.16. The van der Waals surface area contributed by atoms with Crippen molar-refractivity contribution < 1.29 is 0 Å². The van der Waals surface area contributed by atoms with E-state index < -0.39 is 0 Å². The lowest BCUT2D eigenvalue weighted by Crippen LogP contribution is -1.88. The Morgan fingerprint density at radius 2 is 0.500 bits per heavy atom. The quantitative estimate of drug-likeness (QED) is 0.184. The van der Waals surface area contributed by atoms with Crippen molar-refractivity contribution in [3.8, 4) is 44.8 Å². The number of rotatable bonds is 4. The first-order chi connectivity index (χ1) is 26.8. The van der Waals surface area contributed by atoms with Crippen molar-refractivity contribution in [1.82, 2.24) is 9.97 Å². The van der Waals surface area contributed by atoms with Gasteiger partial charge in [-0.25, -0.2) is 0 Å². The van der Waals surface area contributed by atoms with Gasteiger partial charge in [-0.1, -0.05) is 170 Å². The van der Waals surface area contributed by atoms with Crippen LogP contribution in [-0.4, -0.2) is 9.97 Å². The number of hydrogen-bond donors (Lipinski definition) is 0. The Bertz CT molecular complexity index is 2790. The zero-order valence-corrected chi connectivity index (χ0v) is 29.5. The van der Waals surface area contributed by atoms with E-state index in [1.54, 1.807) is 0 Å². The summed E-state index contributed by atoms with van der Waals surface area (Å²) in [6, 6.07) is 69.6. The predicted molar refractivity (Wildman–Crippen MR) is 229 cm³/mol. The number of pyridine rings is 2. The van der Waals surface area contributed by atoms with Gasteiger partial charge in [-0.2, -0.15) is 0 Å². The summed E-state index contributed by atoms with van der Waals surface area (Å²) in [6.45, 7) is 0. The molecule has 252 valence electrons. The molecule has 0 radical (unpaired) electrons. The van der Waals surface area contributed by atoms with Crippen LogP contribution in [0.25, 0.3) is 98.6 Å². The molecule has 2 nitrogen and oxygen atoms in total. The highest BCUT2D eigenvalue weighted by atomic mass is 14.7. The van der Waals surface area contributed by atoms with Crippen molar-refractivity contribution in [1.29, 1.82) is 0 Å². The van der Waals surface area contributed by atoms with Crippen LogP contribution in [0.2, 0.25) is 0 Å². The van der Waals surface area contributed by atoms with Crippen molar-refractivity contribution in [3.05, 3.63) is 207 Å². The minimum absolute atomic E-state index is 0.948. The summed E-state index contributed by atoms with van der Waals surface area (Å²) in [5, 5.41) is 11.9. The fraction of sp³-hybridized carbons (Fsp3) is 0. The molecule has 54 heavy (non-hydrogen) atoms. The molecule has 0 spiro atoms. The van der Waals surface area contributed by atoms with Crippen LogP contribution in [0.3, 0.4) is 0 Å². The summed E-state index contributed by atoms with van der Waals surface area (Å²) >= 11 is 0. The summed E-state index contributed by atoms with van der Waals surface area (Å²) in [5.74, 6) is 0. The second-order valence-corrected chi connectivity index (χ2v) is 13.8. The minimum Gasteiger partial charge on any atom is -0.256 e. The predicted octanol–water partition coefficient (Wildman–Crippen LogP) is 14.0. The molecular formula is C52H34N2. The van der Waals surface area contributed by atoms with Gasteiger partial charge in [-0.3, -0.25) is 9.97 Å². The average Bonchev–Trinajstić information content (AvgIpc) is 3.26. The zero-order chi connectivity index (χ0) is 35.8. The first-order valence-corrected chi connectivity index (χ1v) is 18.4. The van der Waals surface area contributed by atoms with E-state index in [0.29, 0.717) is 0 Å². The monoisotopic (exact) mass is 686 g/mol. The van der Waals surface area contributed by atoms with Gasteiger partial charge in [0.1, 0.15) is 0 Å². The number of benzene rings is 7. The average molecular weight is 687 g/mol. The van der Waals surface area contributed by atoms with Crippen molar-refractivity contribution in [3.63, 3.8) is 0 Å². The van der Waals surface area contributed by atoms with Crippen LogP contribution >= 0.6 is 0 Å². The highest BCUT2D eigenvalue weighted by molar-refractivity contribution is 6.26. The molecule has 2 heterocycles. The molecule has 0 amide bonds. The van der Waals surface area contributed by atoms with E-state index in [2.05, 4.69) is 182 Å². The number of fused-ring (bicyclic) bond motifs is 10. The molecule has 10 aromatic rings. The van der Waals surface area contributed by atoms with E-state index in [1.807, 2.05) is 24.5 Å². The summed E-state index contributed by atoms with van der Waals surface area (Å²) in [7, 11) is 0. The molecular weight excluding hydrogens is 653 g/mol. The SMILES string of the molecule is c1ccc(-c2ccc(-c3ccc4c5ccccc5c5ccc(-c6ccc(-c7ccccc7)cn6)cc5c5ccccc5c5ccccc5c4c3)nc2)cc1. The van der Waals surface area contributed by atoms with Gasteiger partial charge in [0, 0.05) is 34.6 Å². The summed E-state index contributed by atoms with van der Waals surface area (Å²) < 4.78 is 0. The van der Waals surface area contributed by atoms with Crippen LogP contribution in [0.15, 0.2) is 207 Å². The molecule has 0 fully saturated rings. The maximum atomic E-state index is 4.96. The number of hydrogen-bond acceptors (Lipinski definition) is 2. The van der Waals surface area contributed by atoms with E-state index in [-0.39, 0.29) is 0 Å². The summed E-state index contributed by atoms with van der Waals surface area (Å²) in [6.07, 6.45) is 3.96. The summed E-state index contributed by atoms with van der Waals surface area (Å²) in [4.78, 5) is 9.93. The van der Waals surface area contributed by atoms with Gasteiger partial charge < -0.3 is 0 Å². The van der Waals surface area contributed by atoms with Crippen molar-refractivity contribution >= 4 is 53.9 Å². The first kappa shape index (κ1) is 31.6. The van der Waals surface area contributed by atoms with Crippen molar-refractivity contribution in [2.75, 3.05) is 0 Å². The van der Waals surface area contributed by atoms with Gasteiger partial charge in [0.2, 0.25) is 0 Å². The molecule has 0 saturated heterocycles. The third kappa shape index (κ3) is 5.62. The Morgan fingerprint density at radius 3 is 0.833 bits per heavy atom. The zero-order valence-electron chi connectivity index (χ0n) is 29.5. The Balaban J connectivity index is 1.25. The second-order valence-electron chi connectivity index (χ2n) is 13.8. The highest BCUT2D eigenvalue weighted by Gasteiger charge is 2.12. The normalized spacial score (nSPS) is 11.3. The lowest BCUT2D eigenvalue weighted by molar-refractivity contribution is 1.33. The van der Waals surface area contributed by atoms with Gasteiger partial charge in [0.05, 0.1) is 11.4 Å². The second kappa shape index (κ2) is 13.4. The third-order valence-corrected chi connectivity index (χ3v) is 10.6. The van der Waals surface area contributed by atoms with Gasteiger partial charge >= 0.3 is 0 Å². The molecule has 0 aliphatic heterocycles. The minimum atomic E-state index is 0.948. The summed E-state index contributed by atoms with van der Waals surface area (Å²) in [5.41, 5.74) is 8.61. The first-order valence-electron chi connectivity index (χ1n) is 18.4. The highest BCUT2D eigenvalue weighted by Crippen LogP contribution is 2.38. The third-order valence-electron chi connectivity index (χ3n) is 10.6. The molecule has 0 saturated carbocycles. The molecule has 0 bridgehead atoms. The number of aromatic nitrogens is 2. The van der Waals surface area contributed by atoms with Crippen LogP contribution in [0, 0.1) is 0 Å². The Morgan fingerprint density at radius 1 is 0.204 bits per heavy atom. The van der Waals surface area contributed by atoms with Crippen LogP contribution in [0.5, 0.6) is 0 Å². The molecule has 2 heteroatoms. The fourth-order valence-corrected chi connectivity index (χ4v) is 7.91. The smallest absolute Gasteiger partial charge is 0.0702 e. The van der Waals surface area contributed by atoms with E-state index in [9.17, 15) is 0 Å². The molecule has 0 N–H and O–H groups in total. The fourth-order valence-electron chi connectivity index (χ4n) is 7.91. The molecule has 8 aromatic carbocycles. The largest absolute Gasteiger partial charge is 0.256 e. The molecule has 2 aromatic heterocycles. The van der Waals surface area contributed by atoms with Gasteiger partial charge in [-0.15, -0.1) is 0 Å². The van der Waals surface area contributed by atoms with Gasteiger partial charge in [0.15, 0.2) is 0 Å². The van der Waals surface area contributed by atoms with E-state index in [0.717, 1.165) is 44.8 Å². The molecule has 0 atom stereocenters. The van der Waals surface area contributed by atoms with Crippen LogP contribution < -0.4 is 0 Å². The topological polar surface area (TPSA) is 25.8 Å². The lowest BCUT2D eigenvalue weighted by Gasteiger charge is -2.12. The van der Waals surface area contributed by atoms with E-state index in [4.69, 9.17) is 9.97 Å². The van der Waals surface area contributed by atoms with Crippen molar-refractivity contribution in [2.45, 2.75) is 0 Å². The van der Waals surface area contributed by atoms with E-state index >= 15 is 0 Å². The van der Waals surface area contributed by atoms with Gasteiger partial charge in [0.25, 0.3) is 0 Å². The molecule has 10 rings (SSSR count). The van der Waals surface area contributed by atoms with Crippen LogP contribution in [-0.2, 0) is 0 Å². The molecule has 0 aliphatic rings. The standard InChI is InChI=1S/C52H34N2/c1-3-13-35(14-4-1)39-25-29-51(53-33-39)37-23-27-47-43-19-7-8-20-44(43)48-28-24-38(52-30-26-40(34-54-52)36-15-5-2-6-16-36)32-50(48)46-22-12-10-18-42(46)41-17-9-11-21-45(41)49(47)31-37/h1-34H. The maximum absolute atomic E-state index is 4.96. The number of nitrogens with zero attached hydrogens (tertiary/aromatic N) is 2. The van der Waals surface area contributed by atoms with Gasteiger partial charge in [-0.05, 0) is 89.3 Å². The molecule has 0 aliphatic carbocycles. The van der Waals surface area contributed by atoms with Crippen molar-refractivity contribution in [2.24, 2.45) is 0 Å². The van der Waals surface area contributed by atoms with Crippen LogP contribution in [0.1, 0.15) is 0 Å². The Kier molecular flexibility index (Phi) is 7.85. The van der Waals surface area contributed by atoms with E-state index in [1.165, 1.54) is 53.9 Å². The molecule has 0 unspecified atom stereocenters.